The summed E-state index contributed by atoms with van der Waals surface area (Å²) in [5, 5.41) is 10.7. The zero-order valence-electron chi connectivity index (χ0n) is 11.4. The molecule has 0 aliphatic rings. The van der Waals surface area contributed by atoms with E-state index >= 15 is 0 Å². The Morgan fingerprint density at radius 3 is 2.43 bits per heavy atom. The van der Waals surface area contributed by atoms with E-state index in [0.717, 1.165) is 0 Å². The minimum atomic E-state index is 0.0862. The average Bonchev–Trinajstić information content (AvgIpc) is 2.48. The van der Waals surface area contributed by atoms with Crippen molar-refractivity contribution in [2.45, 2.75) is 0 Å². The largest absolute Gasteiger partial charge is 0.507 e. The lowest BCUT2D eigenvalue weighted by Crippen LogP contribution is -1.89. The van der Waals surface area contributed by atoms with Gasteiger partial charge in [0.25, 0.3) is 0 Å². The lowest BCUT2D eigenvalue weighted by molar-refractivity contribution is 0.404. The van der Waals surface area contributed by atoms with Crippen LogP contribution in [0.2, 0.25) is 10.0 Å². The molecule has 2 aromatic carbocycles. The van der Waals surface area contributed by atoms with Gasteiger partial charge in [-0.05, 0) is 18.2 Å². The van der Waals surface area contributed by atoms with E-state index in [4.69, 9.17) is 32.7 Å². The van der Waals surface area contributed by atoms with Gasteiger partial charge >= 0.3 is 0 Å². The van der Waals surface area contributed by atoms with Crippen LogP contribution in [0.5, 0.6) is 17.2 Å². The van der Waals surface area contributed by atoms with Gasteiger partial charge in [-0.15, -0.1) is 0 Å². The molecule has 0 heterocycles. The summed E-state index contributed by atoms with van der Waals surface area (Å²) < 4.78 is 10.4. The third-order valence-electron chi connectivity index (χ3n) is 2.79. The second-order valence-corrected chi connectivity index (χ2v) is 4.96. The molecule has 110 valence electrons. The molecule has 0 aliphatic carbocycles. The molecule has 2 aromatic rings. The molecule has 0 saturated carbocycles. The predicted molar refractivity (Wildman–Crippen MR) is 84.9 cm³/mol. The van der Waals surface area contributed by atoms with Gasteiger partial charge in [0, 0.05) is 28.9 Å². The number of rotatable bonds is 4. The number of hydrogen-bond acceptors (Lipinski definition) is 4. The minimum Gasteiger partial charge on any atom is -0.507 e. The van der Waals surface area contributed by atoms with E-state index in [1.807, 2.05) is 0 Å². The van der Waals surface area contributed by atoms with Crippen molar-refractivity contribution in [3.63, 3.8) is 0 Å². The molecule has 0 saturated heterocycles. The van der Waals surface area contributed by atoms with Crippen molar-refractivity contribution in [3.05, 3.63) is 45.9 Å². The Kier molecular flexibility index (Phi) is 4.94. The Morgan fingerprint density at radius 2 is 1.76 bits per heavy atom. The monoisotopic (exact) mass is 325 g/mol. The van der Waals surface area contributed by atoms with Crippen LogP contribution in [0.15, 0.2) is 35.3 Å². The summed E-state index contributed by atoms with van der Waals surface area (Å²) >= 11 is 11.9. The molecule has 0 radical (unpaired) electrons. The number of hydrogen-bond donors (Lipinski definition) is 1. The number of aliphatic imine (C=N–C) groups is 1. The molecule has 0 bridgehead atoms. The van der Waals surface area contributed by atoms with Gasteiger partial charge in [0.05, 0.1) is 19.2 Å². The number of phenolic OH excluding ortho intramolecular Hbond substituents is 1. The van der Waals surface area contributed by atoms with E-state index in [1.54, 1.807) is 24.3 Å². The fraction of sp³-hybridized carbons (Fsp3) is 0.133. The normalized spacial score (nSPS) is 10.9. The highest BCUT2D eigenvalue weighted by molar-refractivity contribution is 6.32. The van der Waals surface area contributed by atoms with Crippen molar-refractivity contribution in [2.24, 2.45) is 4.99 Å². The highest BCUT2D eigenvalue weighted by Gasteiger charge is 2.09. The first kappa shape index (κ1) is 15.5. The Morgan fingerprint density at radius 1 is 1.05 bits per heavy atom. The number of halogens is 2. The molecular weight excluding hydrogens is 313 g/mol. The maximum absolute atomic E-state index is 9.76. The third kappa shape index (κ3) is 3.60. The zero-order valence-corrected chi connectivity index (χ0v) is 12.9. The van der Waals surface area contributed by atoms with Crippen molar-refractivity contribution >= 4 is 35.1 Å². The molecule has 0 amide bonds. The standard InChI is InChI=1S/C15H13Cl2NO3/c1-20-14-7-12(15(21-2)6-11(14)17)18-8-9-5-10(16)3-4-13(9)19/h3-8,19H,1-2H3. The first-order chi connectivity index (χ1) is 10.0. The van der Waals surface area contributed by atoms with Gasteiger partial charge in [0.2, 0.25) is 0 Å². The van der Waals surface area contributed by atoms with Crippen LogP contribution in [0, 0.1) is 0 Å². The van der Waals surface area contributed by atoms with E-state index in [9.17, 15) is 5.11 Å². The van der Waals surface area contributed by atoms with Gasteiger partial charge < -0.3 is 14.6 Å². The zero-order chi connectivity index (χ0) is 15.4. The van der Waals surface area contributed by atoms with Crippen LogP contribution in [-0.4, -0.2) is 25.5 Å². The van der Waals surface area contributed by atoms with Crippen LogP contribution >= 0.6 is 23.2 Å². The molecule has 0 aromatic heterocycles. The topological polar surface area (TPSA) is 51.0 Å². The van der Waals surface area contributed by atoms with Crippen molar-refractivity contribution in [1.82, 2.24) is 0 Å². The summed E-state index contributed by atoms with van der Waals surface area (Å²) in [5.41, 5.74) is 1.02. The molecule has 21 heavy (non-hydrogen) atoms. The van der Waals surface area contributed by atoms with E-state index in [-0.39, 0.29) is 5.75 Å². The summed E-state index contributed by atoms with van der Waals surface area (Å²) in [5.74, 6) is 1.07. The highest BCUT2D eigenvalue weighted by Crippen LogP contribution is 2.37. The molecule has 0 fully saturated rings. The van der Waals surface area contributed by atoms with E-state index in [2.05, 4.69) is 4.99 Å². The van der Waals surface area contributed by atoms with Crippen LogP contribution < -0.4 is 9.47 Å². The summed E-state index contributed by atoms with van der Waals surface area (Å²) in [6.45, 7) is 0. The Balaban J connectivity index is 2.42. The molecule has 2 rings (SSSR count). The van der Waals surface area contributed by atoms with Gasteiger partial charge in [0.1, 0.15) is 22.9 Å². The quantitative estimate of drug-likeness (QED) is 0.844. The van der Waals surface area contributed by atoms with Crippen LogP contribution in [0.4, 0.5) is 5.69 Å². The average molecular weight is 326 g/mol. The van der Waals surface area contributed by atoms with E-state index in [0.29, 0.717) is 32.8 Å². The van der Waals surface area contributed by atoms with Crippen molar-refractivity contribution in [3.8, 4) is 17.2 Å². The number of ether oxygens (including phenoxy) is 2. The summed E-state index contributed by atoms with van der Waals surface area (Å²) in [4.78, 5) is 4.29. The maximum atomic E-state index is 9.76. The smallest absolute Gasteiger partial charge is 0.146 e. The number of methoxy groups -OCH3 is 2. The Hall–Kier alpha value is -1.91. The van der Waals surface area contributed by atoms with Crippen LogP contribution in [0.3, 0.4) is 0 Å². The second kappa shape index (κ2) is 6.70. The number of benzene rings is 2. The maximum Gasteiger partial charge on any atom is 0.146 e. The Labute approximate surface area is 132 Å². The first-order valence-corrected chi connectivity index (χ1v) is 6.75. The lowest BCUT2D eigenvalue weighted by Gasteiger charge is -2.09. The van der Waals surface area contributed by atoms with Gasteiger partial charge in [-0.25, -0.2) is 0 Å². The Bertz CT molecular complexity index is 687. The fourth-order valence-electron chi connectivity index (χ4n) is 1.71. The van der Waals surface area contributed by atoms with Crippen LogP contribution in [0.25, 0.3) is 0 Å². The first-order valence-electron chi connectivity index (χ1n) is 5.99. The van der Waals surface area contributed by atoms with Crippen molar-refractivity contribution in [2.75, 3.05) is 14.2 Å². The molecule has 6 heteroatoms. The summed E-state index contributed by atoms with van der Waals surface area (Å²) in [6, 6.07) is 7.98. The predicted octanol–water partition coefficient (Wildman–Crippen LogP) is 4.47. The molecular formula is C15H13Cl2NO3. The van der Waals surface area contributed by atoms with Gasteiger partial charge in [-0.2, -0.15) is 0 Å². The highest BCUT2D eigenvalue weighted by atomic mass is 35.5. The summed E-state index contributed by atoms with van der Waals surface area (Å²) in [7, 11) is 3.04. The van der Waals surface area contributed by atoms with Crippen LogP contribution in [0.1, 0.15) is 5.56 Å². The SMILES string of the molecule is COc1cc(N=Cc2cc(Cl)ccc2O)c(OC)cc1Cl. The van der Waals surface area contributed by atoms with E-state index in [1.165, 1.54) is 26.5 Å². The van der Waals surface area contributed by atoms with Gasteiger partial charge in [-0.3, -0.25) is 4.99 Å². The fourth-order valence-corrected chi connectivity index (χ4v) is 2.12. The molecule has 0 unspecified atom stereocenters. The van der Waals surface area contributed by atoms with Crippen molar-refractivity contribution in [1.29, 1.82) is 0 Å². The number of nitrogens with zero attached hydrogens (tertiary/aromatic N) is 1. The molecule has 0 spiro atoms. The lowest BCUT2D eigenvalue weighted by atomic mass is 10.2. The number of aromatic hydroxyl groups is 1. The third-order valence-corrected chi connectivity index (χ3v) is 3.32. The van der Waals surface area contributed by atoms with Crippen LogP contribution in [-0.2, 0) is 0 Å². The van der Waals surface area contributed by atoms with Gasteiger partial charge in [-0.1, -0.05) is 23.2 Å². The molecule has 1 N–H and O–H groups in total. The molecule has 4 nitrogen and oxygen atoms in total. The van der Waals surface area contributed by atoms with Gasteiger partial charge in [0.15, 0.2) is 0 Å². The summed E-state index contributed by atoms with van der Waals surface area (Å²) in [6.07, 6.45) is 1.49. The minimum absolute atomic E-state index is 0.0862. The van der Waals surface area contributed by atoms with Crippen molar-refractivity contribution < 1.29 is 14.6 Å². The number of phenols is 1. The molecule has 0 atom stereocenters. The second-order valence-electron chi connectivity index (χ2n) is 4.12. The molecule has 0 aliphatic heterocycles. The van der Waals surface area contributed by atoms with E-state index < -0.39 is 0 Å².